The first-order valence-corrected chi connectivity index (χ1v) is 2.28. The molecule has 0 aromatic rings. The molecule has 0 unspecified atom stereocenters. The van der Waals surface area contributed by atoms with Gasteiger partial charge in [0, 0.05) is 0 Å². The molecule has 6 heavy (non-hydrogen) atoms. The van der Waals surface area contributed by atoms with Crippen LogP contribution in [0.25, 0.3) is 0 Å². The van der Waals surface area contributed by atoms with Gasteiger partial charge >= 0.3 is 0 Å². The lowest BCUT2D eigenvalue weighted by Crippen LogP contribution is -1.86. The van der Waals surface area contributed by atoms with Gasteiger partial charge in [0.05, 0.1) is 6.07 Å². The number of halogens is 1. The lowest BCUT2D eigenvalue weighted by atomic mass is 10.4. The first kappa shape index (κ1) is 5.78. The van der Waals surface area contributed by atoms with Crippen molar-refractivity contribution in [3.8, 4) is 6.07 Å². The average Bonchev–Trinajstić information content (AvgIpc) is 1.65. The van der Waals surface area contributed by atoms with Crippen LogP contribution in [0.2, 0.25) is 0 Å². The average molecular weight is 104 g/mol. The largest absolute Gasteiger partial charge is 0.197 e. The fourth-order valence-corrected chi connectivity index (χ4v) is 0.0913. The molecule has 1 atom stereocenters. The lowest BCUT2D eigenvalue weighted by molar-refractivity contribution is 0.976. The van der Waals surface area contributed by atoms with Crippen LogP contribution in [0.4, 0.5) is 0 Å². The van der Waals surface area contributed by atoms with E-state index in [4.69, 9.17) is 16.9 Å². The zero-order chi connectivity index (χ0) is 4.99. The molecule has 0 amide bonds. The number of hydrogen-bond donors (Lipinski definition) is 0. The van der Waals surface area contributed by atoms with Crippen LogP contribution in [-0.2, 0) is 0 Å². The molecule has 0 rings (SSSR count). The highest BCUT2D eigenvalue weighted by Gasteiger charge is 1.91. The van der Waals surface area contributed by atoms with E-state index in [9.17, 15) is 0 Å². The van der Waals surface area contributed by atoms with Crippen molar-refractivity contribution in [3.63, 3.8) is 0 Å². The minimum Gasteiger partial charge on any atom is -0.197 e. The van der Waals surface area contributed by atoms with E-state index >= 15 is 0 Å². The van der Waals surface area contributed by atoms with Gasteiger partial charge in [-0.25, -0.2) is 0 Å². The Morgan fingerprint density at radius 1 is 2.00 bits per heavy atom. The van der Waals surface area contributed by atoms with Gasteiger partial charge < -0.3 is 0 Å². The molecule has 0 fully saturated rings. The van der Waals surface area contributed by atoms with Crippen molar-refractivity contribution >= 4 is 11.6 Å². The predicted molar refractivity (Wildman–Crippen MR) is 25.5 cm³/mol. The third-order valence-corrected chi connectivity index (χ3v) is 0.905. The fourth-order valence-electron chi connectivity index (χ4n) is 0.0913. The van der Waals surface area contributed by atoms with Gasteiger partial charge in [-0.05, 0) is 6.42 Å². The van der Waals surface area contributed by atoms with E-state index in [1.54, 1.807) is 0 Å². The summed E-state index contributed by atoms with van der Waals surface area (Å²) in [6.07, 6.45) is 0.734. The van der Waals surface area contributed by atoms with Gasteiger partial charge in [-0.3, -0.25) is 0 Å². The van der Waals surface area contributed by atoms with Crippen LogP contribution >= 0.6 is 11.6 Å². The van der Waals surface area contributed by atoms with E-state index in [1.165, 1.54) is 0 Å². The second-order valence-electron chi connectivity index (χ2n) is 1.00. The van der Waals surface area contributed by atoms with Gasteiger partial charge in [0.25, 0.3) is 0 Å². The maximum Gasteiger partial charge on any atom is 0.120 e. The minimum absolute atomic E-state index is 0.287. The summed E-state index contributed by atoms with van der Waals surface area (Å²) >= 11 is 5.29. The summed E-state index contributed by atoms with van der Waals surface area (Å²) in [5.41, 5.74) is 0. The predicted octanol–water partition coefficient (Wildman–Crippen LogP) is 1.53. The van der Waals surface area contributed by atoms with E-state index in [0.717, 1.165) is 6.42 Å². The zero-order valence-corrected chi connectivity index (χ0v) is 4.37. The van der Waals surface area contributed by atoms with E-state index < -0.39 is 0 Å². The molecule has 0 heterocycles. The summed E-state index contributed by atoms with van der Waals surface area (Å²) in [5, 5.41) is 7.67. The van der Waals surface area contributed by atoms with Crippen LogP contribution in [-0.4, -0.2) is 5.38 Å². The van der Waals surface area contributed by atoms with Gasteiger partial charge in [-0.15, -0.1) is 11.6 Å². The smallest absolute Gasteiger partial charge is 0.120 e. The molecule has 0 aromatic carbocycles. The van der Waals surface area contributed by atoms with E-state index in [0.29, 0.717) is 0 Å². The van der Waals surface area contributed by atoms with Gasteiger partial charge in [-0.1, -0.05) is 6.92 Å². The van der Waals surface area contributed by atoms with Gasteiger partial charge in [0.2, 0.25) is 0 Å². The van der Waals surface area contributed by atoms with Crippen molar-refractivity contribution in [3.05, 3.63) is 0 Å². The molecule has 0 saturated carbocycles. The Morgan fingerprint density at radius 2 is 2.50 bits per heavy atom. The Labute approximate surface area is 42.5 Å². The SMILES string of the molecule is CC[C@@H](Cl)C#N. The van der Waals surface area contributed by atoms with Crippen molar-refractivity contribution in [1.29, 1.82) is 5.26 Å². The summed E-state index contributed by atoms with van der Waals surface area (Å²) in [6.45, 7) is 1.88. The molecule has 0 radical (unpaired) electrons. The fraction of sp³-hybridized carbons (Fsp3) is 0.750. The summed E-state index contributed by atoms with van der Waals surface area (Å²) < 4.78 is 0. The Morgan fingerprint density at radius 3 is 2.50 bits per heavy atom. The highest BCUT2D eigenvalue weighted by molar-refractivity contribution is 6.22. The second kappa shape index (κ2) is 2.99. The lowest BCUT2D eigenvalue weighted by Gasteiger charge is -1.84. The molecule has 34 valence electrons. The van der Waals surface area contributed by atoms with Crippen molar-refractivity contribution in [2.24, 2.45) is 0 Å². The summed E-state index contributed by atoms with van der Waals surface area (Å²) in [6, 6.07) is 1.88. The number of alkyl halides is 1. The van der Waals surface area contributed by atoms with Crippen LogP contribution in [0.15, 0.2) is 0 Å². The molecule has 0 aromatic heterocycles. The van der Waals surface area contributed by atoms with Crippen LogP contribution in [0.3, 0.4) is 0 Å². The topological polar surface area (TPSA) is 23.8 Å². The molecule has 1 nitrogen and oxygen atoms in total. The summed E-state index contributed by atoms with van der Waals surface area (Å²) in [7, 11) is 0. The van der Waals surface area contributed by atoms with E-state index in [2.05, 4.69) is 0 Å². The Bertz CT molecular complexity index is 64.4. The van der Waals surface area contributed by atoms with Crippen molar-refractivity contribution in [2.45, 2.75) is 18.7 Å². The van der Waals surface area contributed by atoms with E-state index in [1.807, 2.05) is 13.0 Å². The number of nitriles is 1. The van der Waals surface area contributed by atoms with Crippen molar-refractivity contribution < 1.29 is 0 Å². The van der Waals surface area contributed by atoms with Crippen LogP contribution < -0.4 is 0 Å². The summed E-state index contributed by atoms with van der Waals surface area (Å²) in [4.78, 5) is 0. The molecular weight excluding hydrogens is 97.5 g/mol. The normalized spacial score (nSPS) is 12.8. The highest BCUT2D eigenvalue weighted by Crippen LogP contribution is 1.95. The molecule has 0 spiro atoms. The molecule has 0 aliphatic heterocycles. The van der Waals surface area contributed by atoms with Crippen LogP contribution in [0.1, 0.15) is 13.3 Å². The standard InChI is InChI=1S/C4H6ClN/c1-2-4(5)3-6/h4H,2H2,1H3/t4-/m1/s1. The molecule has 0 aliphatic carbocycles. The minimum atomic E-state index is -0.287. The number of rotatable bonds is 1. The molecule has 0 aliphatic rings. The monoisotopic (exact) mass is 103 g/mol. The maximum absolute atomic E-state index is 7.95. The Hall–Kier alpha value is -0.220. The second-order valence-corrected chi connectivity index (χ2v) is 1.53. The molecule has 0 bridgehead atoms. The van der Waals surface area contributed by atoms with E-state index in [-0.39, 0.29) is 5.38 Å². The Kier molecular flexibility index (Phi) is 2.88. The van der Waals surface area contributed by atoms with Crippen LogP contribution in [0, 0.1) is 11.3 Å². The van der Waals surface area contributed by atoms with Gasteiger partial charge in [-0.2, -0.15) is 5.26 Å². The molecule has 2 heteroatoms. The third-order valence-electron chi connectivity index (χ3n) is 0.499. The number of nitrogens with zero attached hydrogens (tertiary/aromatic N) is 1. The molecular formula is C4H6ClN. The van der Waals surface area contributed by atoms with Crippen molar-refractivity contribution in [2.75, 3.05) is 0 Å². The Balaban J connectivity index is 3.04. The summed E-state index contributed by atoms with van der Waals surface area (Å²) in [5.74, 6) is 0. The number of hydrogen-bond acceptors (Lipinski definition) is 1. The quantitative estimate of drug-likeness (QED) is 0.462. The molecule has 0 saturated heterocycles. The third kappa shape index (κ3) is 2.04. The van der Waals surface area contributed by atoms with Crippen molar-refractivity contribution in [1.82, 2.24) is 0 Å². The molecule has 0 N–H and O–H groups in total. The van der Waals surface area contributed by atoms with Gasteiger partial charge in [0.1, 0.15) is 5.38 Å². The maximum atomic E-state index is 7.95. The first-order chi connectivity index (χ1) is 2.81. The first-order valence-electron chi connectivity index (χ1n) is 1.85. The highest BCUT2D eigenvalue weighted by atomic mass is 35.5. The zero-order valence-electron chi connectivity index (χ0n) is 3.61. The van der Waals surface area contributed by atoms with Crippen LogP contribution in [0.5, 0.6) is 0 Å². The van der Waals surface area contributed by atoms with Gasteiger partial charge in [0.15, 0.2) is 0 Å².